The Hall–Kier alpha value is -1.39. The van der Waals surface area contributed by atoms with E-state index >= 15 is 0 Å². The first kappa shape index (κ1) is 21.9. The van der Waals surface area contributed by atoms with E-state index in [-0.39, 0.29) is 35.2 Å². The summed E-state index contributed by atoms with van der Waals surface area (Å²) in [6.07, 6.45) is 0. The number of morpholine rings is 1. The summed E-state index contributed by atoms with van der Waals surface area (Å²) in [6, 6.07) is 4.20. The molecular weight excluding hydrogens is 417 g/mol. The molecule has 1 aromatic rings. The van der Waals surface area contributed by atoms with E-state index in [9.17, 15) is 18.0 Å². The van der Waals surface area contributed by atoms with Crippen LogP contribution < -0.4 is 5.32 Å². The maximum atomic E-state index is 12.8. The molecule has 2 rings (SSSR count). The summed E-state index contributed by atoms with van der Waals surface area (Å²) >= 11 is 11.8. The van der Waals surface area contributed by atoms with Gasteiger partial charge in [0.1, 0.15) is 10.3 Å². The lowest BCUT2D eigenvalue weighted by Gasteiger charge is -2.26. The highest BCUT2D eigenvalue weighted by Gasteiger charge is 2.28. The van der Waals surface area contributed by atoms with Crippen molar-refractivity contribution in [3.05, 3.63) is 23.2 Å². The van der Waals surface area contributed by atoms with Crippen LogP contribution in [-0.2, 0) is 24.3 Å². The smallest absolute Gasteiger partial charge is 0.244 e. The maximum absolute atomic E-state index is 12.8. The molecule has 1 aliphatic rings. The number of nitrogens with zero attached hydrogens (tertiary/aromatic N) is 2. The Labute approximate surface area is 168 Å². The molecule has 1 fully saturated rings. The summed E-state index contributed by atoms with van der Waals surface area (Å²) in [5.41, 5.74) is 0.260. The summed E-state index contributed by atoms with van der Waals surface area (Å²) < 4.78 is 32.0. The van der Waals surface area contributed by atoms with Crippen LogP contribution in [-0.4, -0.2) is 74.7 Å². The Bertz CT molecular complexity index is 810. The summed E-state index contributed by atoms with van der Waals surface area (Å²) in [6.45, 7) is 2.39. The van der Waals surface area contributed by atoms with Crippen molar-refractivity contribution in [1.82, 2.24) is 9.21 Å². The van der Waals surface area contributed by atoms with E-state index in [2.05, 4.69) is 5.32 Å². The molecule has 1 unspecified atom stereocenters. The molecule has 1 saturated heterocycles. The van der Waals surface area contributed by atoms with Gasteiger partial charge in [0.15, 0.2) is 0 Å². The van der Waals surface area contributed by atoms with Crippen LogP contribution in [0.15, 0.2) is 23.1 Å². The van der Waals surface area contributed by atoms with Crippen LogP contribution in [0.5, 0.6) is 0 Å². The normalized spacial score (nSPS) is 16.6. The van der Waals surface area contributed by atoms with Gasteiger partial charge in [0.2, 0.25) is 21.8 Å². The molecule has 0 saturated carbocycles. The van der Waals surface area contributed by atoms with Crippen LogP contribution in [0.4, 0.5) is 5.69 Å². The molecule has 2 amide bonds. The molecule has 1 heterocycles. The molecule has 1 atom stereocenters. The van der Waals surface area contributed by atoms with Crippen LogP contribution in [0.25, 0.3) is 0 Å². The number of rotatable bonds is 6. The Morgan fingerprint density at radius 1 is 1.33 bits per heavy atom. The van der Waals surface area contributed by atoms with E-state index in [1.54, 1.807) is 0 Å². The summed E-state index contributed by atoms with van der Waals surface area (Å²) in [7, 11) is -2.36. The number of alkyl halides is 1. The number of sulfonamides is 1. The molecule has 1 N–H and O–H groups in total. The van der Waals surface area contributed by atoms with Gasteiger partial charge in [-0.1, -0.05) is 11.6 Å². The molecule has 0 aromatic heterocycles. The maximum Gasteiger partial charge on any atom is 0.244 e. The lowest BCUT2D eigenvalue weighted by atomic mass is 10.3. The van der Waals surface area contributed by atoms with E-state index in [1.807, 2.05) is 0 Å². The number of carbonyl (C=O) groups is 2. The summed E-state index contributed by atoms with van der Waals surface area (Å²) in [5.74, 6) is -0.876. The van der Waals surface area contributed by atoms with Crippen molar-refractivity contribution in [1.29, 1.82) is 0 Å². The van der Waals surface area contributed by atoms with Crippen LogP contribution in [0.1, 0.15) is 6.92 Å². The molecule has 1 aliphatic heterocycles. The quantitative estimate of drug-likeness (QED) is 0.678. The minimum atomic E-state index is -3.81. The van der Waals surface area contributed by atoms with E-state index in [1.165, 1.54) is 41.4 Å². The molecular formula is C16H21Cl2N3O5S. The van der Waals surface area contributed by atoms with Crippen molar-refractivity contribution in [2.45, 2.75) is 17.2 Å². The highest BCUT2D eigenvalue weighted by atomic mass is 35.5. The fourth-order valence-corrected chi connectivity index (χ4v) is 4.58. The molecule has 27 heavy (non-hydrogen) atoms. The van der Waals surface area contributed by atoms with E-state index in [4.69, 9.17) is 27.9 Å². The average molecular weight is 438 g/mol. The lowest BCUT2D eigenvalue weighted by molar-refractivity contribution is -0.132. The molecule has 1 aromatic carbocycles. The van der Waals surface area contributed by atoms with Crippen molar-refractivity contribution in [2.24, 2.45) is 0 Å². The monoisotopic (exact) mass is 437 g/mol. The predicted octanol–water partition coefficient (Wildman–Crippen LogP) is 1.39. The second kappa shape index (κ2) is 9.20. The molecule has 0 bridgehead atoms. The first-order valence-corrected chi connectivity index (χ1v) is 10.4. The number of hydrogen-bond donors (Lipinski definition) is 1. The molecule has 0 spiro atoms. The van der Waals surface area contributed by atoms with Crippen molar-refractivity contribution < 1.29 is 22.7 Å². The zero-order chi connectivity index (χ0) is 20.2. The van der Waals surface area contributed by atoms with Crippen molar-refractivity contribution in [2.75, 3.05) is 45.2 Å². The van der Waals surface area contributed by atoms with Gasteiger partial charge >= 0.3 is 0 Å². The van der Waals surface area contributed by atoms with Crippen LogP contribution in [0, 0.1) is 0 Å². The zero-order valence-corrected chi connectivity index (χ0v) is 17.3. The molecule has 150 valence electrons. The van der Waals surface area contributed by atoms with Gasteiger partial charge in [-0.2, -0.15) is 4.31 Å². The van der Waals surface area contributed by atoms with Gasteiger partial charge in [0.25, 0.3) is 0 Å². The molecule has 0 radical (unpaired) electrons. The third-order valence-electron chi connectivity index (χ3n) is 3.90. The predicted molar refractivity (Wildman–Crippen MR) is 103 cm³/mol. The second-order valence-corrected chi connectivity index (χ2v) is 8.99. The van der Waals surface area contributed by atoms with Crippen molar-refractivity contribution in [3.8, 4) is 0 Å². The number of nitrogens with one attached hydrogen (secondary N) is 1. The van der Waals surface area contributed by atoms with Crippen molar-refractivity contribution >= 4 is 50.7 Å². The standard InChI is InChI=1S/C16H21Cl2N3O5S/c1-11(17)16(23)20(2)10-15(22)19-12-3-4-13(18)14(9-12)27(24,25)21-5-7-26-8-6-21/h3-4,9,11H,5-8,10H2,1-2H3,(H,19,22). The van der Waals surface area contributed by atoms with Crippen LogP contribution >= 0.6 is 23.2 Å². The van der Waals surface area contributed by atoms with Gasteiger partial charge in [0.05, 0.1) is 24.8 Å². The fourth-order valence-electron chi connectivity index (χ4n) is 2.50. The third kappa shape index (κ3) is 5.55. The molecule has 0 aliphatic carbocycles. The van der Waals surface area contributed by atoms with Gasteiger partial charge in [-0.05, 0) is 25.1 Å². The van der Waals surface area contributed by atoms with Gasteiger partial charge in [-0.15, -0.1) is 11.6 Å². The second-order valence-electron chi connectivity index (χ2n) is 6.02. The molecule has 11 heteroatoms. The van der Waals surface area contributed by atoms with Crippen LogP contribution in [0.2, 0.25) is 5.02 Å². The summed E-state index contributed by atoms with van der Waals surface area (Å²) in [4.78, 5) is 25.0. The average Bonchev–Trinajstić information content (AvgIpc) is 2.63. The van der Waals surface area contributed by atoms with Gasteiger partial charge in [-0.25, -0.2) is 8.42 Å². The number of hydrogen-bond acceptors (Lipinski definition) is 5. The number of benzene rings is 1. The lowest BCUT2D eigenvalue weighted by Crippen LogP contribution is -2.40. The Kier molecular flexibility index (Phi) is 7.47. The third-order valence-corrected chi connectivity index (χ3v) is 6.47. The number of halogens is 2. The Balaban J connectivity index is 2.15. The number of likely N-dealkylation sites (N-methyl/N-ethyl adjacent to an activating group) is 1. The van der Waals surface area contributed by atoms with E-state index in [0.29, 0.717) is 13.2 Å². The Morgan fingerprint density at radius 3 is 2.56 bits per heavy atom. The van der Waals surface area contributed by atoms with E-state index < -0.39 is 27.2 Å². The SMILES string of the molecule is CC(Cl)C(=O)N(C)CC(=O)Nc1ccc(Cl)c(S(=O)(=O)N2CCOCC2)c1. The Morgan fingerprint density at radius 2 is 1.96 bits per heavy atom. The fraction of sp³-hybridized carbons (Fsp3) is 0.500. The summed E-state index contributed by atoms with van der Waals surface area (Å²) in [5, 5.41) is 1.88. The highest BCUT2D eigenvalue weighted by Crippen LogP contribution is 2.28. The van der Waals surface area contributed by atoms with Crippen LogP contribution in [0.3, 0.4) is 0 Å². The highest BCUT2D eigenvalue weighted by molar-refractivity contribution is 7.89. The van der Waals surface area contributed by atoms with Gasteiger partial charge in [-0.3, -0.25) is 9.59 Å². The minimum Gasteiger partial charge on any atom is -0.379 e. The first-order chi connectivity index (χ1) is 12.6. The largest absolute Gasteiger partial charge is 0.379 e. The minimum absolute atomic E-state index is 0.0581. The van der Waals surface area contributed by atoms with Crippen molar-refractivity contribution in [3.63, 3.8) is 0 Å². The first-order valence-electron chi connectivity index (χ1n) is 8.19. The number of carbonyl (C=O) groups excluding carboxylic acids is 2. The number of anilines is 1. The zero-order valence-electron chi connectivity index (χ0n) is 14.9. The molecule has 8 nitrogen and oxygen atoms in total. The number of ether oxygens (including phenoxy) is 1. The van der Waals surface area contributed by atoms with E-state index in [0.717, 1.165) is 0 Å². The van der Waals surface area contributed by atoms with Gasteiger partial charge < -0.3 is 15.0 Å². The number of amides is 2. The van der Waals surface area contributed by atoms with Gasteiger partial charge in [0, 0.05) is 25.8 Å². The topological polar surface area (TPSA) is 96.0 Å².